The molecule has 3 N–H and O–H groups in total. The van der Waals surface area contributed by atoms with E-state index in [1.807, 2.05) is 6.92 Å². The van der Waals surface area contributed by atoms with Crippen molar-refractivity contribution in [1.29, 1.82) is 0 Å². The average molecular weight is 224 g/mol. The summed E-state index contributed by atoms with van der Waals surface area (Å²) in [6.45, 7) is 4.98. The first-order chi connectivity index (χ1) is 7.59. The summed E-state index contributed by atoms with van der Waals surface area (Å²) in [5, 5.41) is 3.06. The maximum atomic E-state index is 11.8. The summed E-state index contributed by atoms with van der Waals surface area (Å²) in [5.41, 5.74) is 6.38. The Morgan fingerprint density at radius 1 is 1.50 bits per heavy atom. The van der Waals surface area contributed by atoms with Crippen molar-refractivity contribution in [3.63, 3.8) is 0 Å². The van der Waals surface area contributed by atoms with Crippen LogP contribution in [0.3, 0.4) is 0 Å². The number of amides is 1. The van der Waals surface area contributed by atoms with Crippen LogP contribution in [0.15, 0.2) is 0 Å². The summed E-state index contributed by atoms with van der Waals surface area (Å²) in [6.07, 6.45) is 6.30. The third-order valence-electron chi connectivity index (χ3n) is 4.51. The van der Waals surface area contributed by atoms with Crippen molar-refractivity contribution in [3.05, 3.63) is 0 Å². The zero-order valence-corrected chi connectivity index (χ0v) is 10.5. The fraction of sp³-hybridized carbons (Fsp3) is 0.923. The van der Waals surface area contributed by atoms with Gasteiger partial charge < -0.3 is 11.1 Å². The highest BCUT2D eigenvalue weighted by Gasteiger charge is 2.53. The molecule has 92 valence electrons. The quantitative estimate of drug-likeness (QED) is 0.721. The minimum absolute atomic E-state index is 0.0428. The van der Waals surface area contributed by atoms with Crippen LogP contribution in [-0.2, 0) is 4.79 Å². The van der Waals surface area contributed by atoms with Crippen LogP contribution in [0.4, 0.5) is 0 Å². The lowest BCUT2D eigenvalue weighted by atomic mass is 9.97. The van der Waals surface area contributed by atoms with Crippen LogP contribution in [-0.4, -0.2) is 18.5 Å². The van der Waals surface area contributed by atoms with Gasteiger partial charge in [0, 0.05) is 6.54 Å². The molecule has 2 aliphatic rings. The van der Waals surface area contributed by atoms with Crippen LogP contribution >= 0.6 is 0 Å². The van der Waals surface area contributed by atoms with E-state index in [1.165, 1.54) is 25.7 Å². The Balaban J connectivity index is 1.75. The van der Waals surface area contributed by atoms with Crippen molar-refractivity contribution in [3.8, 4) is 0 Å². The summed E-state index contributed by atoms with van der Waals surface area (Å²) in [4.78, 5) is 11.8. The molecule has 0 heterocycles. The Labute approximate surface area is 98.2 Å². The molecule has 3 heteroatoms. The highest BCUT2D eigenvalue weighted by atomic mass is 16.2. The average Bonchev–Trinajstić information content (AvgIpc) is 3.15. The van der Waals surface area contributed by atoms with Crippen molar-refractivity contribution in [2.75, 3.05) is 6.54 Å². The fourth-order valence-corrected chi connectivity index (χ4v) is 2.48. The van der Waals surface area contributed by atoms with Crippen molar-refractivity contribution < 1.29 is 4.79 Å². The van der Waals surface area contributed by atoms with Gasteiger partial charge in [-0.1, -0.05) is 20.3 Å². The molecule has 0 bridgehead atoms. The highest BCUT2D eigenvalue weighted by molar-refractivity contribution is 5.81. The van der Waals surface area contributed by atoms with Crippen LogP contribution < -0.4 is 11.1 Å². The SMILES string of the molecule is CC[C@H](C)[C@H](N)C(=O)NCC1(C2CC2)CC1. The molecule has 0 unspecified atom stereocenters. The van der Waals surface area contributed by atoms with Crippen LogP contribution in [0.5, 0.6) is 0 Å². The minimum Gasteiger partial charge on any atom is -0.354 e. The van der Waals surface area contributed by atoms with Gasteiger partial charge in [0.25, 0.3) is 0 Å². The third kappa shape index (κ3) is 2.40. The number of nitrogens with one attached hydrogen (secondary N) is 1. The highest BCUT2D eigenvalue weighted by Crippen LogP contribution is 2.60. The lowest BCUT2D eigenvalue weighted by Gasteiger charge is -2.20. The molecule has 2 saturated carbocycles. The van der Waals surface area contributed by atoms with Gasteiger partial charge in [-0.3, -0.25) is 4.79 Å². The van der Waals surface area contributed by atoms with E-state index in [1.54, 1.807) is 0 Å². The number of carbonyl (C=O) groups excluding carboxylic acids is 1. The maximum absolute atomic E-state index is 11.8. The summed E-state index contributed by atoms with van der Waals surface area (Å²) in [7, 11) is 0. The summed E-state index contributed by atoms with van der Waals surface area (Å²) < 4.78 is 0. The smallest absolute Gasteiger partial charge is 0.237 e. The molecule has 1 amide bonds. The van der Waals surface area contributed by atoms with Gasteiger partial charge in [-0.2, -0.15) is 0 Å². The fourth-order valence-electron chi connectivity index (χ4n) is 2.48. The predicted octanol–water partition coefficient (Wildman–Crippen LogP) is 1.67. The van der Waals surface area contributed by atoms with Crippen molar-refractivity contribution in [1.82, 2.24) is 5.32 Å². The van der Waals surface area contributed by atoms with Gasteiger partial charge in [0.2, 0.25) is 5.91 Å². The van der Waals surface area contributed by atoms with Gasteiger partial charge in [0.05, 0.1) is 6.04 Å². The molecule has 2 atom stereocenters. The number of nitrogens with two attached hydrogens (primary N) is 1. The van der Waals surface area contributed by atoms with E-state index in [0.717, 1.165) is 18.9 Å². The first-order valence-corrected chi connectivity index (χ1v) is 6.62. The minimum atomic E-state index is -0.333. The number of rotatable bonds is 6. The molecule has 2 fully saturated rings. The van der Waals surface area contributed by atoms with Gasteiger partial charge in [-0.05, 0) is 42.9 Å². The number of hydrogen-bond donors (Lipinski definition) is 2. The van der Waals surface area contributed by atoms with Gasteiger partial charge in [0.15, 0.2) is 0 Å². The van der Waals surface area contributed by atoms with Crippen molar-refractivity contribution in [2.24, 2.45) is 23.0 Å². The van der Waals surface area contributed by atoms with Crippen LogP contribution in [0.25, 0.3) is 0 Å². The first-order valence-electron chi connectivity index (χ1n) is 6.62. The normalized spacial score (nSPS) is 25.9. The van der Waals surface area contributed by atoms with Gasteiger partial charge in [-0.25, -0.2) is 0 Å². The van der Waals surface area contributed by atoms with Crippen molar-refractivity contribution in [2.45, 2.75) is 52.0 Å². The molecule has 2 rings (SSSR count). The molecule has 0 radical (unpaired) electrons. The zero-order valence-electron chi connectivity index (χ0n) is 10.5. The van der Waals surface area contributed by atoms with Gasteiger partial charge >= 0.3 is 0 Å². The number of hydrogen-bond acceptors (Lipinski definition) is 2. The van der Waals surface area contributed by atoms with E-state index >= 15 is 0 Å². The maximum Gasteiger partial charge on any atom is 0.237 e. The Morgan fingerprint density at radius 3 is 2.56 bits per heavy atom. The molecular formula is C13H24N2O. The van der Waals surface area contributed by atoms with E-state index in [2.05, 4.69) is 12.2 Å². The van der Waals surface area contributed by atoms with Gasteiger partial charge in [0.1, 0.15) is 0 Å². The van der Waals surface area contributed by atoms with Gasteiger partial charge in [-0.15, -0.1) is 0 Å². The molecule has 2 aliphatic carbocycles. The molecule has 0 saturated heterocycles. The zero-order chi connectivity index (χ0) is 11.8. The second kappa shape index (κ2) is 4.36. The second-order valence-corrected chi connectivity index (χ2v) is 5.77. The third-order valence-corrected chi connectivity index (χ3v) is 4.51. The largest absolute Gasteiger partial charge is 0.354 e. The standard InChI is InChI=1S/C13H24N2O/c1-3-9(2)11(14)12(16)15-8-13(6-7-13)10-4-5-10/h9-11H,3-8,14H2,1-2H3,(H,15,16)/t9-,11-/m0/s1. The van der Waals surface area contributed by atoms with E-state index in [4.69, 9.17) is 5.73 Å². The number of carbonyl (C=O) groups is 1. The first kappa shape index (κ1) is 11.9. The van der Waals surface area contributed by atoms with Crippen molar-refractivity contribution >= 4 is 5.91 Å². The van der Waals surface area contributed by atoms with Crippen LogP contribution in [0, 0.1) is 17.3 Å². The molecule has 0 aromatic carbocycles. The molecule has 0 aromatic heterocycles. The Bertz CT molecular complexity index is 269. The molecule has 0 aromatic rings. The van der Waals surface area contributed by atoms with E-state index < -0.39 is 0 Å². The topological polar surface area (TPSA) is 55.1 Å². The van der Waals surface area contributed by atoms with E-state index in [-0.39, 0.29) is 17.9 Å². The van der Waals surface area contributed by atoms with E-state index in [0.29, 0.717) is 5.41 Å². The van der Waals surface area contributed by atoms with Crippen LogP contribution in [0.2, 0.25) is 0 Å². The molecular weight excluding hydrogens is 200 g/mol. The lowest BCUT2D eigenvalue weighted by Crippen LogP contribution is -2.46. The molecule has 0 spiro atoms. The lowest BCUT2D eigenvalue weighted by molar-refractivity contribution is -0.123. The second-order valence-electron chi connectivity index (χ2n) is 5.77. The Kier molecular flexibility index (Phi) is 3.24. The Hall–Kier alpha value is -0.570. The summed E-state index contributed by atoms with van der Waals surface area (Å²) in [5.74, 6) is 1.21. The van der Waals surface area contributed by atoms with E-state index in [9.17, 15) is 4.79 Å². The van der Waals surface area contributed by atoms with Crippen LogP contribution in [0.1, 0.15) is 46.0 Å². The molecule has 3 nitrogen and oxygen atoms in total. The molecule has 0 aliphatic heterocycles. The summed E-state index contributed by atoms with van der Waals surface area (Å²) in [6, 6.07) is -0.333. The summed E-state index contributed by atoms with van der Waals surface area (Å²) >= 11 is 0. The Morgan fingerprint density at radius 2 is 2.12 bits per heavy atom. The predicted molar refractivity (Wildman–Crippen MR) is 64.8 cm³/mol. The molecule has 16 heavy (non-hydrogen) atoms. The monoisotopic (exact) mass is 224 g/mol.